The first-order valence-corrected chi connectivity index (χ1v) is 10.1. The summed E-state index contributed by atoms with van der Waals surface area (Å²) in [4.78, 5) is 25.7. The van der Waals surface area contributed by atoms with Gasteiger partial charge in [-0.2, -0.15) is 0 Å². The summed E-state index contributed by atoms with van der Waals surface area (Å²) in [6.45, 7) is 2.85. The number of aliphatic carboxylic acids is 1. The number of hydrogen-bond acceptors (Lipinski definition) is 6. The van der Waals surface area contributed by atoms with E-state index in [0.29, 0.717) is 48.3 Å². The number of ether oxygens (including phenoxy) is 3. The Balaban J connectivity index is 1.41. The Bertz CT molecular complexity index is 1180. The minimum absolute atomic E-state index is 0.185. The lowest BCUT2D eigenvalue weighted by Gasteiger charge is -2.20. The van der Waals surface area contributed by atoms with Gasteiger partial charge in [0.1, 0.15) is 24.7 Å². The molecule has 32 heavy (non-hydrogen) atoms. The van der Waals surface area contributed by atoms with Crippen LogP contribution in [0.3, 0.4) is 0 Å². The predicted molar refractivity (Wildman–Crippen MR) is 117 cm³/mol. The molecule has 1 atom stereocenters. The zero-order valence-electron chi connectivity index (χ0n) is 17.4. The normalized spacial score (nSPS) is 15.0. The van der Waals surface area contributed by atoms with E-state index < -0.39 is 12.1 Å². The summed E-state index contributed by atoms with van der Waals surface area (Å²) < 4.78 is 16.5. The van der Waals surface area contributed by atoms with Gasteiger partial charge in [0, 0.05) is 12.1 Å². The average Bonchev–Trinajstić information content (AvgIpc) is 3.27. The van der Waals surface area contributed by atoms with Crippen LogP contribution in [0.1, 0.15) is 22.8 Å². The Morgan fingerprint density at radius 2 is 2.00 bits per heavy atom. The number of carbonyl (C=O) groups excluding carboxylic acids is 1. The van der Waals surface area contributed by atoms with Crippen molar-refractivity contribution in [1.29, 1.82) is 0 Å². The van der Waals surface area contributed by atoms with Crippen molar-refractivity contribution in [3.8, 4) is 17.2 Å². The molecule has 0 fully saturated rings. The molecule has 0 amide bonds. The lowest BCUT2D eigenvalue weighted by molar-refractivity contribution is -0.144. The molecule has 0 aliphatic carbocycles. The largest absolute Gasteiger partial charge is 0.486 e. The van der Waals surface area contributed by atoms with Crippen molar-refractivity contribution < 1.29 is 28.9 Å². The summed E-state index contributed by atoms with van der Waals surface area (Å²) >= 11 is 0. The van der Waals surface area contributed by atoms with Gasteiger partial charge in [0.05, 0.1) is 6.20 Å². The lowest BCUT2D eigenvalue weighted by atomic mass is 10.1. The molecule has 0 radical (unpaired) electrons. The first kappa shape index (κ1) is 21.1. The second-order valence-electron chi connectivity index (χ2n) is 7.16. The van der Waals surface area contributed by atoms with Gasteiger partial charge in [-0.25, -0.2) is 4.79 Å². The number of nitrogens with zero attached hydrogens (tertiary/aromatic N) is 1. The maximum absolute atomic E-state index is 13.0. The number of Topliss-reactive ketones (excluding diaryl/α,β-unsaturated/α-hetero) is 1. The molecule has 2 aromatic carbocycles. The van der Waals surface area contributed by atoms with Crippen LogP contribution in [0.4, 0.5) is 0 Å². The molecule has 7 nitrogen and oxygen atoms in total. The van der Waals surface area contributed by atoms with Crippen LogP contribution in [0.15, 0.2) is 71.9 Å². The Morgan fingerprint density at radius 3 is 2.81 bits per heavy atom. The van der Waals surface area contributed by atoms with E-state index in [4.69, 9.17) is 19.3 Å². The quantitative estimate of drug-likeness (QED) is 0.504. The first-order valence-electron chi connectivity index (χ1n) is 10.1. The second-order valence-corrected chi connectivity index (χ2v) is 7.16. The number of rotatable bonds is 8. The van der Waals surface area contributed by atoms with Gasteiger partial charge in [0.15, 0.2) is 17.6 Å². The van der Waals surface area contributed by atoms with Gasteiger partial charge in [-0.15, -0.1) is 0 Å². The topological polar surface area (TPSA) is 85.3 Å². The summed E-state index contributed by atoms with van der Waals surface area (Å²) in [5.74, 6) is 0.448. The molecule has 7 heteroatoms. The van der Waals surface area contributed by atoms with Gasteiger partial charge < -0.3 is 24.2 Å². The molecule has 2 heterocycles. The summed E-state index contributed by atoms with van der Waals surface area (Å²) in [6.07, 6.45) is 4.50. The lowest BCUT2D eigenvalue weighted by Crippen LogP contribution is -2.22. The van der Waals surface area contributed by atoms with E-state index in [9.17, 15) is 9.59 Å². The summed E-state index contributed by atoms with van der Waals surface area (Å²) in [7, 11) is 0. The van der Waals surface area contributed by atoms with Crippen molar-refractivity contribution in [1.82, 2.24) is 4.90 Å². The fourth-order valence-corrected chi connectivity index (χ4v) is 3.22. The highest BCUT2D eigenvalue weighted by molar-refractivity contribution is 6.08. The van der Waals surface area contributed by atoms with Crippen LogP contribution in [-0.2, 0) is 4.79 Å². The predicted octanol–water partition coefficient (Wildman–Crippen LogP) is 3.67. The fourth-order valence-electron chi connectivity index (χ4n) is 3.22. The van der Waals surface area contributed by atoms with Gasteiger partial charge >= 0.3 is 5.97 Å². The molecule has 0 saturated carbocycles. The highest BCUT2D eigenvalue weighted by atomic mass is 16.6. The number of carboxylic acids is 1. The van der Waals surface area contributed by atoms with Crippen LogP contribution in [0.2, 0.25) is 0 Å². The molecule has 2 aliphatic heterocycles. The van der Waals surface area contributed by atoms with E-state index in [1.807, 2.05) is 18.2 Å². The van der Waals surface area contributed by atoms with Crippen LogP contribution in [0.25, 0.3) is 6.08 Å². The highest BCUT2D eigenvalue weighted by Crippen LogP contribution is 2.31. The van der Waals surface area contributed by atoms with Crippen LogP contribution in [0.5, 0.6) is 17.2 Å². The van der Waals surface area contributed by atoms with E-state index in [-0.39, 0.29) is 5.78 Å². The van der Waals surface area contributed by atoms with E-state index in [0.717, 1.165) is 5.56 Å². The molecular formula is C25H21NO6. The summed E-state index contributed by atoms with van der Waals surface area (Å²) in [6, 6.07) is 12.3. The van der Waals surface area contributed by atoms with E-state index in [1.54, 1.807) is 47.5 Å². The molecule has 0 spiro atoms. The third kappa shape index (κ3) is 4.76. The number of ketones is 1. The third-order valence-electron chi connectivity index (χ3n) is 4.85. The van der Waals surface area contributed by atoms with E-state index in [2.05, 4.69) is 11.5 Å². The number of fused-ring (bicyclic) bond motifs is 1. The molecule has 0 unspecified atom stereocenters. The van der Waals surface area contributed by atoms with E-state index in [1.165, 1.54) is 6.92 Å². The molecule has 0 saturated heterocycles. The maximum Gasteiger partial charge on any atom is 0.344 e. The highest BCUT2D eigenvalue weighted by Gasteiger charge is 2.21. The van der Waals surface area contributed by atoms with Crippen molar-refractivity contribution >= 4 is 17.8 Å². The van der Waals surface area contributed by atoms with Crippen molar-refractivity contribution in [3.05, 3.63) is 83.0 Å². The molecule has 0 aromatic heterocycles. The van der Waals surface area contributed by atoms with E-state index >= 15 is 0 Å². The Labute approximate surface area is 185 Å². The third-order valence-corrected chi connectivity index (χ3v) is 4.85. The van der Waals surface area contributed by atoms with Gasteiger partial charge in [-0.1, -0.05) is 24.3 Å². The SMILES string of the molecule is C[C@H](Oc1cccc(/C=C/CN2C=C=C=C2C(=O)c2ccc3c(c2)OCCO3)c1)C(=O)O. The smallest absolute Gasteiger partial charge is 0.344 e. The van der Waals surface area contributed by atoms with Gasteiger partial charge in [-0.3, -0.25) is 4.79 Å². The monoisotopic (exact) mass is 431 g/mol. The van der Waals surface area contributed by atoms with Crippen LogP contribution >= 0.6 is 0 Å². The molecule has 1 N–H and O–H groups in total. The number of carboxylic acid groups (broad SMARTS) is 1. The minimum Gasteiger partial charge on any atom is -0.486 e. The molecular weight excluding hydrogens is 410 g/mol. The Kier molecular flexibility index (Phi) is 6.13. The van der Waals surface area contributed by atoms with Crippen molar-refractivity contribution in [2.75, 3.05) is 19.8 Å². The van der Waals surface area contributed by atoms with Crippen molar-refractivity contribution in [2.24, 2.45) is 0 Å². The molecule has 2 aromatic rings. The van der Waals surface area contributed by atoms with Crippen LogP contribution in [0, 0.1) is 0 Å². The average molecular weight is 431 g/mol. The molecule has 2 aliphatic rings. The van der Waals surface area contributed by atoms with Crippen LogP contribution < -0.4 is 14.2 Å². The Morgan fingerprint density at radius 1 is 1.19 bits per heavy atom. The molecule has 4 rings (SSSR count). The number of benzene rings is 2. The van der Waals surface area contributed by atoms with Gasteiger partial charge in [0.2, 0.25) is 5.78 Å². The maximum atomic E-state index is 13.0. The number of carbonyl (C=O) groups is 2. The number of allylic oxidation sites excluding steroid dienone is 1. The zero-order valence-corrected chi connectivity index (χ0v) is 17.4. The number of hydrogen-bond donors (Lipinski definition) is 1. The van der Waals surface area contributed by atoms with Gasteiger partial charge in [-0.05, 0) is 54.3 Å². The molecule has 0 bridgehead atoms. The standard InChI is InChI=1S/C25H21NO6/c1-17(25(28)29)32-20-7-2-5-18(15-20)6-3-11-26-12-4-8-21(26)24(27)19-9-10-22-23(16-19)31-14-13-30-22/h2-3,5-7,9-10,12,15-17H,11,13-14H2,1H3,(H,28,29)/b6-3+/t17-/m0/s1. The van der Waals surface area contributed by atoms with Crippen molar-refractivity contribution in [3.63, 3.8) is 0 Å². The Hall–Kier alpha value is -4.18. The fraction of sp³-hybridized carbons (Fsp3) is 0.200. The van der Waals surface area contributed by atoms with Crippen LogP contribution in [-0.4, -0.2) is 47.6 Å². The molecule has 162 valence electrons. The zero-order chi connectivity index (χ0) is 22.5. The summed E-state index contributed by atoms with van der Waals surface area (Å²) in [5.41, 5.74) is 7.46. The van der Waals surface area contributed by atoms with Crippen molar-refractivity contribution in [2.45, 2.75) is 13.0 Å². The second kappa shape index (κ2) is 9.31. The summed E-state index contributed by atoms with van der Waals surface area (Å²) in [5, 5.41) is 8.98. The minimum atomic E-state index is -1.03. The van der Waals surface area contributed by atoms with Gasteiger partial charge in [0.25, 0.3) is 0 Å². The first-order chi connectivity index (χ1) is 15.5.